The molecule has 1 unspecified atom stereocenters. The summed E-state index contributed by atoms with van der Waals surface area (Å²) >= 11 is 0. The lowest BCUT2D eigenvalue weighted by molar-refractivity contribution is 0.322. The monoisotopic (exact) mass is 180 g/mol. The third-order valence-corrected chi connectivity index (χ3v) is 2.70. The molecule has 4 nitrogen and oxygen atoms in total. The van der Waals surface area contributed by atoms with Gasteiger partial charge in [-0.25, -0.2) is 0 Å². The van der Waals surface area contributed by atoms with Crippen molar-refractivity contribution in [2.24, 2.45) is 12.8 Å². The molecule has 0 spiro atoms. The maximum absolute atomic E-state index is 6.28. The number of hydrogen-bond donors (Lipinski definition) is 2. The fraction of sp³-hybridized carbons (Fsp3) is 0.667. The van der Waals surface area contributed by atoms with E-state index in [0.717, 1.165) is 31.5 Å². The Bertz CT molecular complexity index is 286. The first-order valence-electron chi connectivity index (χ1n) is 4.69. The van der Waals surface area contributed by atoms with Crippen LogP contribution in [0, 0.1) is 0 Å². The molecule has 0 bridgehead atoms. The first-order valence-corrected chi connectivity index (χ1v) is 4.69. The minimum absolute atomic E-state index is 0.202. The van der Waals surface area contributed by atoms with Crippen molar-refractivity contribution in [1.82, 2.24) is 15.1 Å². The summed E-state index contributed by atoms with van der Waals surface area (Å²) in [7, 11) is 1.92. The molecule has 72 valence electrons. The van der Waals surface area contributed by atoms with Crippen molar-refractivity contribution in [3.05, 3.63) is 18.0 Å². The second kappa shape index (κ2) is 3.12. The maximum Gasteiger partial charge on any atom is 0.0567 e. The smallest absolute Gasteiger partial charge is 0.0567 e. The van der Waals surface area contributed by atoms with Gasteiger partial charge in [-0.15, -0.1) is 0 Å². The van der Waals surface area contributed by atoms with Crippen LogP contribution < -0.4 is 11.1 Å². The molecule has 2 rings (SSSR count). The van der Waals surface area contributed by atoms with Gasteiger partial charge in [-0.3, -0.25) is 4.68 Å². The molecule has 13 heavy (non-hydrogen) atoms. The molecule has 1 aliphatic rings. The summed E-state index contributed by atoms with van der Waals surface area (Å²) in [6.07, 6.45) is 6.07. The molecule has 1 aromatic heterocycles. The van der Waals surface area contributed by atoms with Gasteiger partial charge in [0.05, 0.1) is 11.7 Å². The molecule has 0 aromatic carbocycles. The SMILES string of the molecule is Cn1cc(C2(N)CCCNC2)cn1. The Morgan fingerprint density at radius 1 is 1.69 bits per heavy atom. The summed E-state index contributed by atoms with van der Waals surface area (Å²) in [5, 5.41) is 7.47. The number of nitrogens with two attached hydrogens (primary N) is 1. The van der Waals surface area contributed by atoms with E-state index in [1.165, 1.54) is 0 Å². The Labute approximate surface area is 78.1 Å². The average Bonchev–Trinajstić information content (AvgIpc) is 2.54. The Kier molecular flexibility index (Phi) is 2.09. The second-order valence-electron chi connectivity index (χ2n) is 3.84. The number of nitrogens with zero attached hydrogens (tertiary/aromatic N) is 2. The Morgan fingerprint density at radius 2 is 2.54 bits per heavy atom. The van der Waals surface area contributed by atoms with E-state index in [1.54, 1.807) is 4.68 Å². The largest absolute Gasteiger partial charge is 0.320 e. The molecule has 1 fully saturated rings. The maximum atomic E-state index is 6.28. The molecule has 1 atom stereocenters. The van der Waals surface area contributed by atoms with Crippen molar-refractivity contribution in [1.29, 1.82) is 0 Å². The lowest BCUT2D eigenvalue weighted by atomic mass is 9.86. The predicted octanol–water partition coefficient (Wildman–Crippen LogP) is -0.0425. The van der Waals surface area contributed by atoms with Crippen LogP contribution in [0.5, 0.6) is 0 Å². The standard InChI is InChI=1S/C9H16N4/c1-13-6-8(5-12-13)9(10)3-2-4-11-7-9/h5-6,11H,2-4,7,10H2,1H3. The topological polar surface area (TPSA) is 55.9 Å². The number of aromatic nitrogens is 2. The molecule has 0 aliphatic carbocycles. The van der Waals surface area contributed by atoms with Crippen LogP contribution in [0.3, 0.4) is 0 Å². The summed E-state index contributed by atoms with van der Waals surface area (Å²) in [5.41, 5.74) is 7.22. The molecule has 1 aromatic rings. The van der Waals surface area contributed by atoms with E-state index in [2.05, 4.69) is 10.4 Å². The van der Waals surface area contributed by atoms with E-state index in [-0.39, 0.29) is 5.54 Å². The number of hydrogen-bond acceptors (Lipinski definition) is 3. The van der Waals surface area contributed by atoms with Crippen LogP contribution in [0.1, 0.15) is 18.4 Å². The zero-order chi connectivity index (χ0) is 9.31. The third kappa shape index (κ3) is 1.59. The molecule has 0 saturated carbocycles. The molecule has 0 radical (unpaired) electrons. The first-order chi connectivity index (χ1) is 6.21. The molecular formula is C9H16N4. The van der Waals surface area contributed by atoms with E-state index in [0.29, 0.717) is 0 Å². The lowest BCUT2D eigenvalue weighted by Crippen LogP contribution is -2.49. The van der Waals surface area contributed by atoms with E-state index in [1.807, 2.05) is 19.4 Å². The molecule has 2 heterocycles. The van der Waals surface area contributed by atoms with Gasteiger partial charge in [0.1, 0.15) is 0 Å². The van der Waals surface area contributed by atoms with Crippen molar-refractivity contribution >= 4 is 0 Å². The van der Waals surface area contributed by atoms with Crippen LogP contribution in [0.15, 0.2) is 12.4 Å². The number of aryl methyl sites for hydroxylation is 1. The van der Waals surface area contributed by atoms with Crippen molar-refractivity contribution in [2.75, 3.05) is 13.1 Å². The summed E-state index contributed by atoms with van der Waals surface area (Å²) < 4.78 is 1.80. The number of piperidine rings is 1. The van der Waals surface area contributed by atoms with Gasteiger partial charge in [0.15, 0.2) is 0 Å². The van der Waals surface area contributed by atoms with Crippen LogP contribution in [0.2, 0.25) is 0 Å². The predicted molar refractivity (Wildman–Crippen MR) is 51.2 cm³/mol. The van der Waals surface area contributed by atoms with Gasteiger partial charge in [0.2, 0.25) is 0 Å². The highest BCUT2D eigenvalue weighted by Gasteiger charge is 2.30. The van der Waals surface area contributed by atoms with Gasteiger partial charge in [0, 0.05) is 25.4 Å². The van der Waals surface area contributed by atoms with Crippen molar-refractivity contribution in [3.63, 3.8) is 0 Å². The van der Waals surface area contributed by atoms with Crippen LogP contribution in [-0.4, -0.2) is 22.9 Å². The Morgan fingerprint density at radius 3 is 3.08 bits per heavy atom. The van der Waals surface area contributed by atoms with E-state index in [4.69, 9.17) is 5.73 Å². The summed E-state index contributed by atoms with van der Waals surface area (Å²) in [5.74, 6) is 0. The lowest BCUT2D eigenvalue weighted by Gasteiger charge is -2.33. The first kappa shape index (κ1) is 8.72. The molecular weight excluding hydrogens is 164 g/mol. The quantitative estimate of drug-likeness (QED) is 0.637. The normalized spacial score (nSPS) is 29.1. The van der Waals surface area contributed by atoms with Gasteiger partial charge in [0.25, 0.3) is 0 Å². The van der Waals surface area contributed by atoms with Crippen molar-refractivity contribution in [2.45, 2.75) is 18.4 Å². The molecule has 0 amide bonds. The number of rotatable bonds is 1. The van der Waals surface area contributed by atoms with Crippen molar-refractivity contribution < 1.29 is 0 Å². The average molecular weight is 180 g/mol. The zero-order valence-corrected chi connectivity index (χ0v) is 7.95. The van der Waals surface area contributed by atoms with Gasteiger partial charge < -0.3 is 11.1 Å². The summed E-state index contributed by atoms with van der Waals surface area (Å²) in [6.45, 7) is 1.94. The highest BCUT2D eigenvalue weighted by Crippen LogP contribution is 2.24. The van der Waals surface area contributed by atoms with Gasteiger partial charge in [-0.1, -0.05) is 0 Å². The van der Waals surface area contributed by atoms with Gasteiger partial charge in [-0.2, -0.15) is 5.10 Å². The summed E-state index contributed by atoms with van der Waals surface area (Å²) in [4.78, 5) is 0. The van der Waals surface area contributed by atoms with E-state index >= 15 is 0 Å². The minimum Gasteiger partial charge on any atom is -0.320 e. The fourth-order valence-corrected chi connectivity index (χ4v) is 1.85. The van der Waals surface area contributed by atoms with Gasteiger partial charge in [-0.05, 0) is 19.4 Å². The van der Waals surface area contributed by atoms with Crippen LogP contribution in [-0.2, 0) is 12.6 Å². The van der Waals surface area contributed by atoms with Crippen LogP contribution >= 0.6 is 0 Å². The van der Waals surface area contributed by atoms with Crippen molar-refractivity contribution in [3.8, 4) is 0 Å². The Hall–Kier alpha value is -0.870. The minimum atomic E-state index is -0.202. The Balaban J connectivity index is 2.22. The molecule has 1 aliphatic heterocycles. The second-order valence-corrected chi connectivity index (χ2v) is 3.84. The van der Waals surface area contributed by atoms with Crippen LogP contribution in [0.25, 0.3) is 0 Å². The third-order valence-electron chi connectivity index (χ3n) is 2.70. The number of nitrogens with one attached hydrogen (secondary N) is 1. The zero-order valence-electron chi connectivity index (χ0n) is 7.95. The molecule has 4 heteroatoms. The highest BCUT2D eigenvalue weighted by molar-refractivity contribution is 5.19. The van der Waals surface area contributed by atoms with E-state index in [9.17, 15) is 0 Å². The van der Waals surface area contributed by atoms with E-state index < -0.39 is 0 Å². The molecule has 1 saturated heterocycles. The highest BCUT2D eigenvalue weighted by atomic mass is 15.2. The molecule has 3 N–H and O–H groups in total. The van der Waals surface area contributed by atoms with Crippen LogP contribution in [0.4, 0.5) is 0 Å². The summed E-state index contributed by atoms with van der Waals surface area (Å²) in [6, 6.07) is 0. The fourth-order valence-electron chi connectivity index (χ4n) is 1.85. The van der Waals surface area contributed by atoms with Gasteiger partial charge >= 0.3 is 0 Å².